The van der Waals surface area contributed by atoms with Gasteiger partial charge in [-0.3, -0.25) is 19.3 Å². The Balaban J connectivity index is 0.00000676. The summed E-state index contributed by atoms with van der Waals surface area (Å²) in [6.45, 7) is 0.674. The van der Waals surface area contributed by atoms with Gasteiger partial charge in [-0.05, 0) is 26.1 Å². The molecule has 1 aromatic rings. The van der Waals surface area contributed by atoms with Crippen molar-refractivity contribution in [1.82, 2.24) is 9.80 Å². The Kier molecular flexibility index (Phi) is 9.25. The van der Waals surface area contributed by atoms with E-state index in [4.69, 9.17) is 5.11 Å². The number of para-hydroxylation sites is 1. The van der Waals surface area contributed by atoms with Gasteiger partial charge in [0.15, 0.2) is 0 Å². The summed E-state index contributed by atoms with van der Waals surface area (Å²) in [6, 6.07) is 3.60. The van der Waals surface area contributed by atoms with Crippen molar-refractivity contribution in [2.24, 2.45) is 0 Å². The van der Waals surface area contributed by atoms with Gasteiger partial charge in [-0.2, -0.15) is 13.2 Å². The fourth-order valence-electron chi connectivity index (χ4n) is 1.99. The summed E-state index contributed by atoms with van der Waals surface area (Å²) in [5.41, 5.74) is -1.39. The van der Waals surface area contributed by atoms with Gasteiger partial charge in [-0.25, -0.2) is 0 Å². The Morgan fingerprint density at radius 1 is 1.15 bits per heavy atom. The summed E-state index contributed by atoms with van der Waals surface area (Å²) in [5, 5.41) is 11.0. The second kappa shape index (κ2) is 10.1. The first-order valence-electron chi connectivity index (χ1n) is 7.56. The zero-order chi connectivity index (χ0) is 20.1. The lowest BCUT2D eigenvalue weighted by Crippen LogP contribution is -2.45. The number of aliphatic carboxylic acids is 1. The van der Waals surface area contributed by atoms with Gasteiger partial charge in [0.2, 0.25) is 11.8 Å². The summed E-state index contributed by atoms with van der Waals surface area (Å²) in [6.07, 6.45) is -4.62. The van der Waals surface area contributed by atoms with Crippen LogP contribution in [-0.2, 0) is 20.6 Å². The van der Waals surface area contributed by atoms with Crippen LogP contribution in [0.15, 0.2) is 24.3 Å². The molecule has 1 rings (SSSR count). The van der Waals surface area contributed by atoms with E-state index in [-0.39, 0.29) is 19.0 Å². The van der Waals surface area contributed by atoms with Gasteiger partial charge in [0, 0.05) is 7.05 Å². The number of anilines is 1. The van der Waals surface area contributed by atoms with Gasteiger partial charge in [-0.15, -0.1) is 12.4 Å². The topological polar surface area (TPSA) is 90.0 Å². The van der Waals surface area contributed by atoms with Crippen molar-refractivity contribution in [3.63, 3.8) is 0 Å². The molecule has 1 unspecified atom stereocenters. The fraction of sp³-hybridized carbons (Fsp3) is 0.438. The van der Waals surface area contributed by atoms with Gasteiger partial charge < -0.3 is 15.3 Å². The molecule has 0 saturated carbocycles. The maximum absolute atomic E-state index is 12.9. The predicted octanol–water partition coefficient (Wildman–Crippen LogP) is 1.93. The third-order valence-electron chi connectivity index (χ3n) is 3.72. The summed E-state index contributed by atoms with van der Waals surface area (Å²) < 4.78 is 38.7. The van der Waals surface area contributed by atoms with Gasteiger partial charge in [-0.1, -0.05) is 12.1 Å². The third-order valence-corrected chi connectivity index (χ3v) is 3.72. The van der Waals surface area contributed by atoms with Crippen molar-refractivity contribution in [3.05, 3.63) is 29.8 Å². The number of amides is 2. The molecule has 0 spiro atoms. The molecule has 0 bridgehead atoms. The molecule has 0 aromatic heterocycles. The Bertz CT molecular complexity index is 685. The minimum atomic E-state index is -4.62. The molecule has 0 aliphatic carbocycles. The maximum Gasteiger partial charge on any atom is 0.418 e. The van der Waals surface area contributed by atoms with Crippen LogP contribution in [0.25, 0.3) is 0 Å². The van der Waals surface area contributed by atoms with Crippen molar-refractivity contribution >= 4 is 35.9 Å². The van der Waals surface area contributed by atoms with Crippen LogP contribution in [0.4, 0.5) is 18.9 Å². The molecule has 2 amide bonds. The Morgan fingerprint density at radius 2 is 1.70 bits per heavy atom. The number of carbonyl (C=O) groups is 3. The van der Waals surface area contributed by atoms with Crippen molar-refractivity contribution in [2.75, 3.05) is 32.5 Å². The second-order valence-electron chi connectivity index (χ2n) is 5.77. The number of carbonyl (C=O) groups excluding carboxylic acids is 2. The van der Waals surface area contributed by atoms with Gasteiger partial charge in [0.1, 0.15) is 6.04 Å². The van der Waals surface area contributed by atoms with Crippen molar-refractivity contribution < 1.29 is 32.7 Å². The molecular weight excluding hydrogens is 391 g/mol. The van der Waals surface area contributed by atoms with Crippen LogP contribution in [0.3, 0.4) is 0 Å². The van der Waals surface area contributed by atoms with Crippen LogP contribution in [0.1, 0.15) is 12.5 Å². The molecule has 1 aromatic carbocycles. The number of nitrogens with zero attached hydrogens (tertiary/aromatic N) is 2. The van der Waals surface area contributed by atoms with Crippen molar-refractivity contribution in [3.8, 4) is 0 Å². The van der Waals surface area contributed by atoms with E-state index in [0.717, 1.165) is 17.0 Å². The van der Waals surface area contributed by atoms with Crippen LogP contribution in [-0.4, -0.2) is 65.9 Å². The normalized spacial score (nSPS) is 12.1. The molecule has 152 valence electrons. The number of hydrogen-bond acceptors (Lipinski definition) is 4. The average Bonchev–Trinajstić information content (AvgIpc) is 2.53. The minimum absolute atomic E-state index is 0. The molecule has 1 atom stereocenters. The standard InChI is InChI=1S/C16H20F3N3O4.ClH/c1-10(15(25)26)21(2)9-14(24)22(3)8-13(23)20-12-7-5-4-6-11(12)16(17,18)19;/h4-7,10H,8-9H2,1-3H3,(H,20,23)(H,25,26);1H. The number of halogens is 4. The van der Waals surface area contributed by atoms with Gasteiger partial charge in [0.25, 0.3) is 0 Å². The number of likely N-dealkylation sites (N-methyl/N-ethyl adjacent to an activating group) is 2. The third kappa shape index (κ3) is 7.43. The highest BCUT2D eigenvalue weighted by atomic mass is 35.5. The highest BCUT2D eigenvalue weighted by Crippen LogP contribution is 2.34. The van der Waals surface area contributed by atoms with Crippen molar-refractivity contribution in [2.45, 2.75) is 19.1 Å². The second-order valence-corrected chi connectivity index (χ2v) is 5.77. The number of hydrogen-bond donors (Lipinski definition) is 2. The summed E-state index contributed by atoms with van der Waals surface area (Å²) in [5.74, 6) is -2.45. The highest BCUT2D eigenvalue weighted by molar-refractivity contribution is 5.95. The van der Waals surface area contributed by atoms with Crippen molar-refractivity contribution in [1.29, 1.82) is 0 Å². The van der Waals surface area contributed by atoms with E-state index in [1.165, 1.54) is 38.1 Å². The van der Waals surface area contributed by atoms with E-state index in [9.17, 15) is 27.6 Å². The van der Waals surface area contributed by atoms with Crippen LogP contribution >= 0.6 is 12.4 Å². The number of nitrogens with one attached hydrogen (secondary N) is 1. The molecule has 0 heterocycles. The number of alkyl halides is 3. The van der Waals surface area contributed by atoms with E-state index in [1.807, 2.05) is 0 Å². The summed E-state index contributed by atoms with van der Waals surface area (Å²) >= 11 is 0. The Labute approximate surface area is 160 Å². The van der Waals surface area contributed by atoms with Crippen LogP contribution in [0.2, 0.25) is 0 Å². The SMILES string of the molecule is CC(C(=O)O)N(C)CC(=O)N(C)CC(=O)Nc1ccccc1C(F)(F)F.Cl. The van der Waals surface area contributed by atoms with E-state index >= 15 is 0 Å². The van der Waals surface area contributed by atoms with E-state index in [2.05, 4.69) is 5.32 Å². The molecule has 2 N–H and O–H groups in total. The number of benzene rings is 1. The molecule has 0 saturated heterocycles. The monoisotopic (exact) mass is 411 g/mol. The summed E-state index contributed by atoms with van der Waals surface area (Å²) in [7, 11) is 2.74. The largest absolute Gasteiger partial charge is 0.480 e. The molecule has 0 radical (unpaired) electrons. The summed E-state index contributed by atoms with van der Waals surface area (Å²) in [4.78, 5) is 37.1. The van der Waals surface area contributed by atoms with Gasteiger partial charge in [0.05, 0.1) is 24.3 Å². The first-order valence-corrected chi connectivity index (χ1v) is 7.56. The molecule has 0 aliphatic heterocycles. The van der Waals surface area contributed by atoms with Crippen LogP contribution < -0.4 is 5.32 Å². The number of rotatable bonds is 7. The first kappa shape index (κ1) is 24.7. The van der Waals surface area contributed by atoms with Crippen LogP contribution in [0.5, 0.6) is 0 Å². The predicted molar refractivity (Wildman–Crippen MR) is 94.7 cm³/mol. The van der Waals surface area contributed by atoms with Gasteiger partial charge >= 0.3 is 12.1 Å². The molecule has 27 heavy (non-hydrogen) atoms. The Hall–Kier alpha value is -2.33. The molecule has 7 nitrogen and oxygen atoms in total. The first-order chi connectivity index (χ1) is 11.9. The zero-order valence-corrected chi connectivity index (χ0v) is 15.7. The highest BCUT2D eigenvalue weighted by Gasteiger charge is 2.33. The Morgan fingerprint density at radius 3 is 2.22 bits per heavy atom. The number of carboxylic acids is 1. The van der Waals surface area contributed by atoms with E-state index < -0.39 is 47.8 Å². The quantitative estimate of drug-likeness (QED) is 0.715. The molecular formula is C16H21ClF3N3O4. The molecule has 0 aliphatic rings. The average molecular weight is 412 g/mol. The fourth-order valence-corrected chi connectivity index (χ4v) is 1.99. The molecule has 0 fully saturated rings. The lowest BCUT2D eigenvalue weighted by Gasteiger charge is -2.24. The zero-order valence-electron chi connectivity index (χ0n) is 14.9. The lowest BCUT2D eigenvalue weighted by molar-refractivity contribution is -0.144. The number of carboxylic acid groups (broad SMARTS) is 1. The molecule has 11 heteroatoms. The van der Waals surface area contributed by atoms with E-state index in [0.29, 0.717) is 0 Å². The maximum atomic E-state index is 12.9. The smallest absolute Gasteiger partial charge is 0.418 e. The minimum Gasteiger partial charge on any atom is -0.480 e. The van der Waals surface area contributed by atoms with E-state index in [1.54, 1.807) is 0 Å². The lowest BCUT2D eigenvalue weighted by atomic mass is 10.1. The van der Waals surface area contributed by atoms with Crippen LogP contribution in [0, 0.1) is 0 Å².